The van der Waals surface area contributed by atoms with Crippen LogP contribution in [0.2, 0.25) is 0 Å². The molecule has 0 amide bonds. The van der Waals surface area contributed by atoms with Crippen molar-refractivity contribution >= 4 is 12.7 Å². The Bertz CT molecular complexity index is 1440. The molecule has 5 rings (SSSR count). The number of nitriles is 1. The lowest BCUT2D eigenvalue weighted by Crippen LogP contribution is -2.41. The maximum Gasteiger partial charge on any atom is 0.494 e. The number of benzene rings is 3. The largest absolute Gasteiger partial charge is 0.494 e. The second kappa shape index (κ2) is 9.10. The van der Waals surface area contributed by atoms with E-state index in [-0.39, 0.29) is 0 Å². The molecule has 3 aromatic carbocycles. The smallest absolute Gasteiger partial charge is 0.399 e. The van der Waals surface area contributed by atoms with Gasteiger partial charge in [-0.3, -0.25) is 0 Å². The summed E-state index contributed by atoms with van der Waals surface area (Å²) >= 11 is 0. The second-order valence-electron chi connectivity index (χ2n) is 10.4. The molecule has 0 unspecified atom stereocenters. The zero-order valence-corrected chi connectivity index (χ0v) is 21.3. The third-order valence-corrected chi connectivity index (χ3v) is 7.53. The molecule has 0 N–H and O–H groups in total. The summed E-state index contributed by atoms with van der Waals surface area (Å²) in [6, 6.07) is 25.0. The SMILES string of the molecule is C=C1/C=C(B2OC(C)(C)C(C)(C)O2)\C=C/Cc2ccc(C#N)cc2-c2ccccc2-c2ccccc21. The summed E-state index contributed by atoms with van der Waals surface area (Å²) < 4.78 is 12.8. The van der Waals surface area contributed by atoms with Gasteiger partial charge in [0.15, 0.2) is 0 Å². The van der Waals surface area contributed by atoms with Crippen LogP contribution in [-0.2, 0) is 15.7 Å². The molecular weight excluding hydrogens is 441 g/mol. The van der Waals surface area contributed by atoms with Gasteiger partial charge in [0.25, 0.3) is 0 Å². The Balaban J connectivity index is 1.72. The predicted octanol–water partition coefficient (Wildman–Crippen LogP) is 7.58. The van der Waals surface area contributed by atoms with Crippen molar-refractivity contribution in [2.45, 2.75) is 45.3 Å². The molecule has 1 saturated heterocycles. The Morgan fingerprint density at radius 2 is 1.36 bits per heavy atom. The van der Waals surface area contributed by atoms with Crippen LogP contribution in [0.15, 0.2) is 97.0 Å². The molecule has 1 heterocycles. The molecule has 1 aliphatic carbocycles. The molecule has 2 aliphatic rings. The fourth-order valence-corrected chi connectivity index (χ4v) is 4.80. The molecule has 0 aromatic heterocycles. The van der Waals surface area contributed by atoms with Crippen LogP contribution < -0.4 is 0 Å². The van der Waals surface area contributed by atoms with Crippen LogP contribution in [0.4, 0.5) is 0 Å². The molecule has 0 saturated carbocycles. The van der Waals surface area contributed by atoms with Gasteiger partial charge >= 0.3 is 7.12 Å². The second-order valence-corrected chi connectivity index (χ2v) is 10.4. The predicted molar refractivity (Wildman–Crippen MR) is 148 cm³/mol. The number of hydrogen-bond acceptors (Lipinski definition) is 3. The highest BCUT2D eigenvalue weighted by Crippen LogP contribution is 2.41. The summed E-state index contributed by atoms with van der Waals surface area (Å²) in [6.45, 7) is 12.7. The number of allylic oxidation sites excluding steroid dienone is 5. The first kappa shape index (κ1) is 24.1. The van der Waals surface area contributed by atoms with Gasteiger partial charge in [-0.2, -0.15) is 5.26 Å². The van der Waals surface area contributed by atoms with Crippen LogP contribution in [0.25, 0.3) is 27.8 Å². The molecule has 3 aromatic rings. The summed E-state index contributed by atoms with van der Waals surface area (Å²) in [7, 11) is -0.495. The van der Waals surface area contributed by atoms with E-state index in [9.17, 15) is 5.26 Å². The minimum absolute atomic E-state index is 0.436. The van der Waals surface area contributed by atoms with E-state index in [1.807, 2.05) is 18.2 Å². The van der Waals surface area contributed by atoms with Crippen LogP contribution in [0.3, 0.4) is 0 Å². The Morgan fingerprint density at radius 3 is 1.97 bits per heavy atom. The van der Waals surface area contributed by atoms with Crippen LogP contribution in [0.1, 0.15) is 44.4 Å². The maximum atomic E-state index is 9.62. The number of nitrogens with zero attached hydrogens (tertiary/aromatic N) is 1. The minimum atomic E-state index is -0.495. The molecule has 4 heteroatoms. The summed E-state index contributed by atoms with van der Waals surface area (Å²) in [5.74, 6) is 0. The van der Waals surface area contributed by atoms with E-state index in [0.29, 0.717) is 12.0 Å². The Hall–Kier alpha value is -3.65. The molecule has 1 fully saturated rings. The highest BCUT2D eigenvalue weighted by molar-refractivity contribution is 6.56. The third-order valence-electron chi connectivity index (χ3n) is 7.53. The Kier molecular flexibility index (Phi) is 6.08. The van der Waals surface area contributed by atoms with Gasteiger partial charge in [0.1, 0.15) is 0 Å². The van der Waals surface area contributed by atoms with Crippen LogP contribution in [0, 0.1) is 11.3 Å². The summed E-state index contributed by atoms with van der Waals surface area (Å²) in [5, 5.41) is 9.62. The first-order chi connectivity index (χ1) is 17.2. The van der Waals surface area contributed by atoms with Crippen LogP contribution in [-0.4, -0.2) is 18.3 Å². The van der Waals surface area contributed by atoms with Crippen molar-refractivity contribution in [2.75, 3.05) is 0 Å². The summed E-state index contributed by atoms with van der Waals surface area (Å²) in [6.07, 6.45) is 7.03. The monoisotopic (exact) mass is 471 g/mol. The molecule has 0 atom stereocenters. The minimum Gasteiger partial charge on any atom is -0.399 e. The normalized spacial score (nSPS) is 20.5. The standard InChI is InChI=1S/C32H30BNO2/c1-22-19-25(33-35-31(2,3)32(4,5)36-33)12-10-11-24-18-17-23(21-34)20-30(24)29-16-9-8-15-28(29)27-14-7-6-13-26(22)27/h6-10,12-20H,1,11H2,2-5H3/b12-10-,25-19+. The van der Waals surface area contributed by atoms with E-state index < -0.39 is 18.3 Å². The third kappa shape index (κ3) is 4.26. The molecule has 0 bridgehead atoms. The Labute approximate surface area is 214 Å². The molecule has 36 heavy (non-hydrogen) atoms. The van der Waals surface area contributed by atoms with Crippen molar-refractivity contribution in [1.29, 1.82) is 5.26 Å². The van der Waals surface area contributed by atoms with E-state index in [0.717, 1.165) is 44.4 Å². The fourth-order valence-electron chi connectivity index (χ4n) is 4.80. The number of fused-ring (bicyclic) bond motifs is 5. The maximum absolute atomic E-state index is 9.62. The zero-order chi connectivity index (χ0) is 25.5. The van der Waals surface area contributed by atoms with Gasteiger partial charge in [-0.05, 0) is 90.7 Å². The molecule has 1 aliphatic heterocycles. The molecular formula is C32H30BNO2. The van der Waals surface area contributed by atoms with Crippen LogP contribution >= 0.6 is 0 Å². The zero-order valence-electron chi connectivity index (χ0n) is 21.3. The van der Waals surface area contributed by atoms with Gasteiger partial charge in [0.05, 0.1) is 22.8 Å². The highest BCUT2D eigenvalue weighted by atomic mass is 16.7. The van der Waals surface area contributed by atoms with Crippen LogP contribution in [0.5, 0.6) is 0 Å². The first-order valence-corrected chi connectivity index (χ1v) is 12.3. The van der Waals surface area contributed by atoms with E-state index in [1.165, 1.54) is 0 Å². The van der Waals surface area contributed by atoms with Crippen molar-refractivity contribution in [3.63, 3.8) is 0 Å². The van der Waals surface area contributed by atoms with Crippen molar-refractivity contribution < 1.29 is 9.31 Å². The van der Waals surface area contributed by atoms with Gasteiger partial charge in [-0.15, -0.1) is 0 Å². The molecule has 0 spiro atoms. The number of rotatable bonds is 1. The molecule has 178 valence electrons. The fraction of sp³-hybridized carbons (Fsp3) is 0.219. The Morgan fingerprint density at radius 1 is 0.806 bits per heavy atom. The van der Waals surface area contributed by atoms with Gasteiger partial charge in [0.2, 0.25) is 0 Å². The van der Waals surface area contributed by atoms with Crippen molar-refractivity contribution in [3.8, 4) is 28.3 Å². The average Bonchev–Trinajstić information content (AvgIpc) is 3.09. The lowest BCUT2D eigenvalue weighted by atomic mass is 9.75. The van der Waals surface area contributed by atoms with Gasteiger partial charge in [-0.25, -0.2) is 0 Å². The number of hydrogen-bond donors (Lipinski definition) is 0. The van der Waals surface area contributed by atoms with E-state index in [2.05, 4.69) is 107 Å². The highest BCUT2D eigenvalue weighted by Gasteiger charge is 2.52. The average molecular weight is 471 g/mol. The topological polar surface area (TPSA) is 42.2 Å². The van der Waals surface area contributed by atoms with Gasteiger partial charge in [0, 0.05) is 0 Å². The lowest BCUT2D eigenvalue weighted by Gasteiger charge is -2.32. The van der Waals surface area contributed by atoms with Crippen molar-refractivity contribution in [1.82, 2.24) is 0 Å². The van der Waals surface area contributed by atoms with Gasteiger partial charge in [-0.1, -0.05) is 79.4 Å². The van der Waals surface area contributed by atoms with E-state index >= 15 is 0 Å². The lowest BCUT2D eigenvalue weighted by molar-refractivity contribution is 0.00578. The van der Waals surface area contributed by atoms with Crippen molar-refractivity contribution in [3.05, 3.63) is 114 Å². The summed E-state index contributed by atoms with van der Waals surface area (Å²) in [5.41, 5.74) is 8.18. The first-order valence-electron chi connectivity index (χ1n) is 12.3. The summed E-state index contributed by atoms with van der Waals surface area (Å²) in [4.78, 5) is 0. The molecule has 0 radical (unpaired) electrons. The quantitative estimate of drug-likeness (QED) is 0.344. The van der Waals surface area contributed by atoms with Gasteiger partial charge < -0.3 is 9.31 Å². The molecule has 3 nitrogen and oxygen atoms in total. The van der Waals surface area contributed by atoms with E-state index in [4.69, 9.17) is 9.31 Å². The van der Waals surface area contributed by atoms with Crippen molar-refractivity contribution in [2.24, 2.45) is 0 Å². The van der Waals surface area contributed by atoms with E-state index in [1.54, 1.807) is 0 Å².